The number of anilines is 1. The molecule has 0 aliphatic carbocycles. The number of hydrogen-bond acceptors (Lipinski definition) is 3. The van der Waals surface area contributed by atoms with Crippen molar-refractivity contribution in [1.82, 2.24) is 0 Å². The minimum absolute atomic E-state index is 0.0495. The van der Waals surface area contributed by atoms with E-state index in [1.807, 2.05) is 0 Å². The van der Waals surface area contributed by atoms with Crippen LogP contribution >= 0.6 is 27.5 Å². The maximum atomic E-state index is 11.8. The lowest BCUT2D eigenvalue weighted by Gasteiger charge is -2.19. The van der Waals surface area contributed by atoms with Crippen LogP contribution in [0.3, 0.4) is 0 Å². The highest BCUT2D eigenvalue weighted by molar-refractivity contribution is 9.10. The second kappa shape index (κ2) is 4.66. The van der Waals surface area contributed by atoms with E-state index >= 15 is 0 Å². The van der Waals surface area contributed by atoms with Crippen LogP contribution in [0, 0.1) is 0 Å². The first-order valence-electron chi connectivity index (χ1n) is 4.93. The Morgan fingerprint density at radius 3 is 2.94 bits per heavy atom. The summed E-state index contributed by atoms with van der Waals surface area (Å²) in [5.74, 6) is 0.102. The molecular formula is C11H9BrClNO3. The van der Waals surface area contributed by atoms with Gasteiger partial charge in [0.05, 0.1) is 15.5 Å². The van der Waals surface area contributed by atoms with Crippen molar-refractivity contribution in [3.05, 3.63) is 22.7 Å². The van der Waals surface area contributed by atoms with Crippen molar-refractivity contribution in [1.29, 1.82) is 0 Å². The van der Waals surface area contributed by atoms with Crippen LogP contribution in [0.2, 0.25) is 5.02 Å². The van der Waals surface area contributed by atoms with E-state index in [4.69, 9.17) is 16.3 Å². The summed E-state index contributed by atoms with van der Waals surface area (Å²) in [4.78, 5) is 22.6. The van der Waals surface area contributed by atoms with Gasteiger partial charge in [0.1, 0.15) is 5.75 Å². The summed E-state index contributed by atoms with van der Waals surface area (Å²) >= 11 is 9.20. The Kier molecular flexibility index (Phi) is 3.40. The molecule has 17 heavy (non-hydrogen) atoms. The number of carbonyl (C=O) groups excluding carboxylic acids is 2. The Morgan fingerprint density at radius 2 is 2.29 bits per heavy atom. The molecule has 1 heterocycles. The van der Waals surface area contributed by atoms with Gasteiger partial charge in [-0.2, -0.15) is 0 Å². The molecule has 0 saturated heterocycles. The molecule has 1 aliphatic rings. The fraction of sp³-hybridized carbons (Fsp3) is 0.273. The number of benzene rings is 1. The first-order valence-corrected chi connectivity index (χ1v) is 6.23. The fourth-order valence-corrected chi connectivity index (χ4v) is 2.01. The molecule has 1 aromatic carbocycles. The average Bonchev–Trinajstić information content (AvgIpc) is 2.27. The topological polar surface area (TPSA) is 55.4 Å². The largest absolute Gasteiger partial charge is 0.482 e. The van der Waals surface area contributed by atoms with Gasteiger partial charge in [0, 0.05) is 5.56 Å². The second-order valence-electron chi connectivity index (χ2n) is 3.65. The number of amides is 1. The molecule has 0 saturated carbocycles. The molecule has 0 aromatic heterocycles. The summed E-state index contributed by atoms with van der Waals surface area (Å²) in [6.07, 6.45) is 0. The second-order valence-corrected chi connectivity index (χ2v) is 5.43. The van der Waals surface area contributed by atoms with Crippen molar-refractivity contribution in [2.24, 2.45) is 0 Å². The molecule has 1 atom stereocenters. The summed E-state index contributed by atoms with van der Waals surface area (Å²) in [6.45, 7) is 1.67. The maximum Gasteiger partial charge on any atom is 0.262 e. The zero-order chi connectivity index (χ0) is 12.6. The summed E-state index contributed by atoms with van der Waals surface area (Å²) in [5, 5.41) is 2.92. The van der Waals surface area contributed by atoms with Crippen molar-refractivity contribution >= 4 is 44.9 Å². The quantitative estimate of drug-likeness (QED) is 0.674. The van der Waals surface area contributed by atoms with Crippen LogP contribution < -0.4 is 10.1 Å². The van der Waals surface area contributed by atoms with Gasteiger partial charge < -0.3 is 10.1 Å². The molecule has 6 heteroatoms. The molecule has 0 radical (unpaired) electrons. The Balaban J connectivity index is 2.44. The Bertz CT molecular complexity index is 502. The summed E-state index contributed by atoms with van der Waals surface area (Å²) in [7, 11) is 0. The monoisotopic (exact) mass is 317 g/mol. The van der Waals surface area contributed by atoms with Gasteiger partial charge in [0.2, 0.25) is 0 Å². The number of nitrogens with one attached hydrogen (secondary N) is 1. The number of ketones is 1. The number of hydrogen-bond donors (Lipinski definition) is 1. The van der Waals surface area contributed by atoms with Gasteiger partial charge in [-0.3, -0.25) is 9.59 Å². The zero-order valence-corrected chi connectivity index (χ0v) is 11.3. The Morgan fingerprint density at radius 1 is 1.59 bits per heavy atom. The lowest BCUT2D eigenvalue weighted by atomic mass is 10.1. The minimum atomic E-state index is -0.323. The van der Waals surface area contributed by atoms with E-state index in [0.717, 1.165) is 0 Å². The smallest absolute Gasteiger partial charge is 0.262 e. The maximum absolute atomic E-state index is 11.8. The van der Waals surface area contributed by atoms with Gasteiger partial charge >= 0.3 is 0 Å². The van der Waals surface area contributed by atoms with Gasteiger partial charge in [-0.1, -0.05) is 27.5 Å². The number of fused-ring (bicyclic) bond motifs is 1. The van der Waals surface area contributed by atoms with E-state index < -0.39 is 0 Å². The van der Waals surface area contributed by atoms with Crippen LogP contribution in [-0.2, 0) is 4.79 Å². The van der Waals surface area contributed by atoms with Crippen LogP contribution in [0.5, 0.6) is 5.75 Å². The predicted octanol–water partition coefficient (Wildman–Crippen LogP) is 2.64. The van der Waals surface area contributed by atoms with Gasteiger partial charge in [0.15, 0.2) is 12.4 Å². The molecular weight excluding hydrogens is 309 g/mol. The molecule has 4 nitrogen and oxygen atoms in total. The Labute approximate surface area is 111 Å². The summed E-state index contributed by atoms with van der Waals surface area (Å²) in [6, 6.07) is 3.08. The van der Waals surface area contributed by atoms with Crippen molar-refractivity contribution in [3.63, 3.8) is 0 Å². The van der Waals surface area contributed by atoms with Crippen molar-refractivity contribution < 1.29 is 14.3 Å². The molecule has 1 unspecified atom stereocenters. The first kappa shape index (κ1) is 12.4. The SMILES string of the molecule is CC(Br)C(=O)c1cc2c(cc1Cl)NC(=O)CO2. The predicted molar refractivity (Wildman–Crippen MR) is 68.3 cm³/mol. The van der Waals surface area contributed by atoms with Crippen LogP contribution in [0.1, 0.15) is 17.3 Å². The lowest BCUT2D eigenvalue weighted by molar-refractivity contribution is -0.118. The van der Waals surface area contributed by atoms with Crippen molar-refractivity contribution in [2.45, 2.75) is 11.8 Å². The first-order chi connectivity index (χ1) is 7.99. The molecule has 0 spiro atoms. The molecule has 1 aromatic rings. The van der Waals surface area contributed by atoms with Gasteiger partial charge in [-0.25, -0.2) is 0 Å². The number of Topliss-reactive ketones (excluding diaryl/α,β-unsaturated/α-hetero) is 1. The normalized spacial score (nSPS) is 15.6. The van der Waals surface area contributed by atoms with Crippen molar-refractivity contribution in [2.75, 3.05) is 11.9 Å². The average molecular weight is 319 g/mol. The molecule has 2 rings (SSSR count). The minimum Gasteiger partial charge on any atom is -0.482 e. The number of ether oxygens (including phenoxy) is 1. The van der Waals surface area contributed by atoms with Crippen molar-refractivity contribution in [3.8, 4) is 5.75 Å². The molecule has 1 N–H and O–H groups in total. The highest BCUT2D eigenvalue weighted by Gasteiger charge is 2.22. The Hall–Kier alpha value is -1.07. The fourth-order valence-electron chi connectivity index (χ4n) is 1.50. The van der Waals surface area contributed by atoms with E-state index in [9.17, 15) is 9.59 Å². The molecule has 0 fully saturated rings. The highest BCUT2D eigenvalue weighted by atomic mass is 79.9. The third-order valence-electron chi connectivity index (χ3n) is 2.33. The molecule has 0 bridgehead atoms. The zero-order valence-electron chi connectivity index (χ0n) is 8.92. The lowest BCUT2D eigenvalue weighted by Crippen LogP contribution is -2.25. The molecule has 1 amide bonds. The van der Waals surface area contributed by atoms with Gasteiger partial charge in [-0.05, 0) is 19.1 Å². The van der Waals surface area contributed by atoms with Gasteiger partial charge in [0.25, 0.3) is 5.91 Å². The number of carbonyl (C=O) groups is 2. The third-order valence-corrected chi connectivity index (χ3v) is 3.06. The van der Waals surface area contributed by atoms with E-state index in [2.05, 4.69) is 21.2 Å². The third kappa shape index (κ3) is 2.45. The number of rotatable bonds is 2. The van der Waals surface area contributed by atoms with E-state index in [-0.39, 0.29) is 23.1 Å². The van der Waals surface area contributed by atoms with E-state index in [0.29, 0.717) is 22.0 Å². The summed E-state index contributed by atoms with van der Waals surface area (Å²) < 4.78 is 5.22. The molecule has 90 valence electrons. The van der Waals surface area contributed by atoms with Crippen LogP contribution in [-0.4, -0.2) is 23.1 Å². The van der Waals surface area contributed by atoms with Crippen LogP contribution in [0.4, 0.5) is 5.69 Å². The standard InChI is InChI=1S/C11H9BrClNO3/c1-5(12)11(16)6-2-9-8(3-7(6)13)14-10(15)4-17-9/h2-3,5H,4H2,1H3,(H,14,15). The van der Waals surface area contributed by atoms with E-state index in [1.165, 1.54) is 6.07 Å². The van der Waals surface area contributed by atoms with Gasteiger partial charge in [-0.15, -0.1) is 0 Å². The number of halogens is 2. The van der Waals surface area contributed by atoms with Crippen LogP contribution in [0.25, 0.3) is 0 Å². The van der Waals surface area contributed by atoms with E-state index in [1.54, 1.807) is 13.0 Å². The molecule has 1 aliphatic heterocycles. The summed E-state index contributed by atoms with van der Waals surface area (Å²) in [5.41, 5.74) is 0.871. The van der Waals surface area contributed by atoms with Crippen LogP contribution in [0.15, 0.2) is 12.1 Å². The number of alkyl halides is 1. The highest BCUT2D eigenvalue weighted by Crippen LogP contribution is 2.34.